The summed E-state index contributed by atoms with van der Waals surface area (Å²) in [4.78, 5) is 11.7. The number of hydrogen-bond acceptors (Lipinski definition) is 3. The van der Waals surface area contributed by atoms with Crippen molar-refractivity contribution in [1.82, 2.24) is 5.32 Å². The van der Waals surface area contributed by atoms with Crippen LogP contribution in [0.4, 0.5) is 0 Å². The third-order valence-corrected chi connectivity index (χ3v) is 3.42. The summed E-state index contributed by atoms with van der Waals surface area (Å²) < 4.78 is 4.98. The van der Waals surface area contributed by atoms with Gasteiger partial charge in [0, 0.05) is 13.0 Å². The van der Waals surface area contributed by atoms with Crippen molar-refractivity contribution in [1.29, 1.82) is 0 Å². The van der Waals surface area contributed by atoms with Gasteiger partial charge in [0.1, 0.15) is 0 Å². The van der Waals surface area contributed by atoms with Crippen molar-refractivity contribution in [2.45, 2.75) is 52.5 Å². The molecule has 0 aliphatic rings. The average Bonchev–Trinajstić information content (AvgIpc) is 2.44. The summed E-state index contributed by atoms with van der Waals surface area (Å²) in [6, 6.07) is 5.14. The standard InChI is InChI=1S/C17H27NO3/c1-13(2)7-5-4-6-8-17(20)18-12-14-9-10-16(21-3)15(19)11-14/h9-11,13,19H,4-8,12H2,1-3H3,(H,18,20). The summed E-state index contributed by atoms with van der Waals surface area (Å²) >= 11 is 0. The third-order valence-electron chi connectivity index (χ3n) is 3.42. The second-order valence-electron chi connectivity index (χ2n) is 5.78. The van der Waals surface area contributed by atoms with E-state index in [-0.39, 0.29) is 11.7 Å². The maximum atomic E-state index is 11.7. The molecule has 21 heavy (non-hydrogen) atoms. The van der Waals surface area contributed by atoms with Crippen molar-refractivity contribution >= 4 is 5.91 Å². The van der Waals surface area contributed by atoms with Crippen molar-refractivity contribution < 1.29 is 14.6 Å². The quantitative estimate of drug-likeness (QED) is 0.684. The maximum absolute atomic E-state index is 11.7. The Morgan fingerprint density at radius 3 is 2.67 bits per heavy atom. The molecule has 0 saturated carbocycles. The zero-order valence-electron chi connectivity index (χ0n) is 13.3. The maximum Gasteiger partial charge on any atom is 0.220 e. The molecular weight excluding hydrogens is 266 g/mol. The number of unbranched alkanes of at least 4 members (excludes halogenated alkanes) is 2. The highest BCUT2D eigenvalue weighted by atomic mass is 16.5. The van der Waals surface area contributed by atoms with Crippen LogP contribution in [0.1, 0.15) is 51.5 Å². The van der Waals surface area contributed by atoms with Crippen LogP contribution >= 0.6 is 0 Å². The zero-order valence-corrected chi connectivity index (χ0v) is 13.3. The molecule has 0 aliphatic heterocycles. The Kier molecular flexibility index (Phi) is 7.65. The van der Waals surface area contributed by atoms with E-state index in [1.54, 1.807) is 12.1 Å². The van der Waals surface area contributed by atoms with E-state index < -0.39 is 0 Å². The highest BCUT2D eigenvalue weighted by Crippen LogP contribution is 2.26. The lowest BCUT2D eigenvalue weighted by Gasteiger charge is -2.08. The molecule has 0 heterocycles. The van der Waals surface area contributed by atoms with Gasteiger partial charge < -0.3 is 15.2 Å². The summed E-state index contributed by atoms with van der Waals surface area (Å²) in [5.74, 6) is 1.34. The van der Waals surface area contributed by atoms with Gasteiger partial charge >= 0.3 is 0 Å². The number of phenolic OH excluding ortho intramolecular Hbond substituents is 1. The van der Waals surface area contributed by atoms with Crippen LogP contribution in [0.25, 0.3) is 0 Å². The van der Waals surface area contributed by atoms with E-state index in [1.165, 1.54) is 20.0 Å². The van der Waals surface area contributed by atoms with Crippen LogP contribution in [-0.4, -0.2) is 18.1 Å². The van der Waals surface area contributed by atoms with Crippen LogP contribution < -0.4 is 10.1 Å². The molecule has 0 spiro atoms. The van der Waals surface area contributed by atoms with E-state index >= 15 is 0 Å². The van der Waals surface area contributed by atoms with Gasteiger partial charge in [0.15, 0.2) is 11.5 Å². The zero-order chi connectivity index (χ0) is 15.7. The molecular formula is C17H27NO3. The number of methoxy groups -OCH3 is 1. The first-order valence-electron chi connectivity index (χ1n) is 7.65. The number of carbonyl (C=O) groups is 1. The summed E-state index contributed by atoms with van der Waals surface area (Å²) in [5.41, 5.74) is 0.862. The first-order valence-corrected chi connectivity index (χ1v) is 7.65. The molecule has 4 heteroatoms. The molecule has 1 aromatic carbocycles. The molecule has 0 fully saturated rings. The number of phenols is 1. The van der Waals surface area contributed by atoms with E-state index in [1.807, 2.05) is 6.07 Å². The molecule has 2 N–H and O–H groups in total. The van der Waals surface area contributed by atoms with E-state index in [4.69, 9.17) is 4.74 Å². The van der Waals surface area contributed by atoms with Crippen LogP contribution in [0, 0.1) is 5.92 Å². The highest BCUT2D eigenvalue weighted by Gasteiger charge is 2.05. The minimum Gasteiger partial charge on any atom is -0.504 e. The first-order chi connectivity index (χ1) is 10.0. The summed E-state index contributed by atoms with van der Waals surface area (Å²) in [5, 5.41) is 12.5. The SMILES string of the molecule is COc1ccc(CNC(=O)CCCCCC(C)C)cc1O. The fraction of sp³-hybridized carbons (Fsp3) is 0.588. The molecule has 0 saturated heterocycles. The van der Waals surface area contributed by atoms with Crippen LogP contribution in [0.2, 0.25) is 0 Å². The van der Waals surface area contributed by atoms with Crippen molar-refractivity contribution in [3.05, 3.63) is 23.8 Å². The monoisotopic (exact) mass is 293 g/mol. The molecule has 1 rings (SSSR count). The molecule has 1 amide bonds. The smallest absolute Gasteiger partial charge is 0.220 e. The molecule has 0 atom stereocenters. The van der Waals surface area contributed by atoms with Gasteiger partial charge in [-0.3, -0.25) is 4.79 Å². The summed E-state index contributed by atoms with van der Waals surface area (Å²) in [7, 11) is 1.51. The van der Waals surface area contributed by atoms with Crippen molar-refractivity contribution in [2.24, 2.45) is 5.92 Å². The molecule has 0 aromatic heterocycles. The van der Waals surface area contributed by atoms with E-state index in [0.29, 0.717) is 18.7 Å². The fourth-order valence-electron chi connectivity index (χ4n) is 2.15. The van der Waals surface area contributed by atoms with Crippen molar-refractivity contribution in [3.8, 4) is 11.5 Å². The minimum atomic E-state index is 0.0647. The second-order valence-corrected chi connectivity index (χ2v) is 5.78. The molecule has 0 unspecified atom stereocenters. The predicted octanol–water partition coefficient (Wildman–Crippen LogP) is 3.62. The van der Waals surface area contributed by atoms with Crippen LogP contribution in [0.3, 0.4) is 0 Å². The Labute approximate surface area is 127 Å². The first kappa shape index (κ1) is 17.3. The number of benzene rings is 1. The van der Waals surface area contributed by atoms with Gasteiger partial charge in [-0.25, -0.2) is 0 Å². The lowest BCUT2D eigenvalue weighted by molar-refractivity contribution is -0.121. The van der Waals surface area contributed by atoms with Gasteiger partial charge in [-0.15, -0.1) is 0 Å². The summed E-state index contributed by atoms with van der Waals surface area (Å²) in [6.45, 7) is 4.87. The molecule has 0 radical (unpaired) electrons. The Bertz CT molecular complexity index is 444. The van der Waals surface area contributed by atoms with E-state index in [0.717, 1.165) is 24.3 Å². The summed E-state index contributed by atoms with van der Waals surface area (Å²) in [6.07, 6.45) is 5.03. The average molecular weight is 293 g/mol. The lowest BCUT2D eigenvalue weighted by atomic mass is 10.0. The molecule has 4 nitrogen and oxygen atoms in total. The molecule has 0 bridgehead atoms. The number of carbonyl (C=O) groups excluding carboxylic acids is 1. The third kappa shape index (κ3) is 7.02. The van der Waals surface area contributed by atoms with Gasteiger partial charge in [0.25, 0.3) is 0 Å². The molecule has 1 aromatic rings. The van der Waals surface area contributed by atoms with E-state index in [2.05, 4.69) is 19.2 Å². The van der Waals surface area contributed by atoms with Gasteiger partial charge in [0.05, 0.1) is 7.11 Å². The Morgan fingerprint density at radius 1 is 1.29 bits per heavy atom. The van der Waals surface area contributed by atoms with Gasteiger partial charge in [-0.05, 0) is 30.0 Å². The van der Waals surface area contributed by atoms with Crippen LogP contribution in [-0.2, 0) is 11.3 Å². The largest absolute Gasteiger partial charge is 0.504 e. The van der Waals surface area contributed by atoms with Crippen LogP contribution in [0.5, 0.6) is 11.5 Å². The van der Waals surface area contributed by atoms with Crippen molar-refractivity contribution in [3.63, 3.8) is 0 Å². The van der Waals surface area contributed by atoms with E-state index in [9.17, 15) is 9.90 Å². The molecule has 118 valence electrons. The fourth-order valence-corrected chi connectivity index (χ4v) is 2.15. The number of rotatable bonds is 9. The lowest BCUT2D eigenvalue weighted by Crippen LogP contribution is -2.22. The normalized spacial score (nSPS) is 10.7. The number of hydrogen-bond donors (Lipinski definition) is 2. The Balaban J connectivity index is 2.22. The predicted molar refractivity (Wildman–Crippen MR) is 84.4 cm³/mol. The van der Waals surface area contributed by atoms with Crippen LogP contribution in [0.15, 0.2) is 18.2 Å². The Morgan fingerprint density at radius 2 is 2.05 bits per heavy atom. The second kappa shape index (κ2) is 9.27. The Hall–Kier alpha value is -1.71. The van der Waals surface area contributed by atoms with Gasteiger partial charge in [0.2, 0.25) is 5.91 Å². The number of nitrogens with one attached hydrogen (secondary N) is 1. The van der Waals surface area contributed by atoms with Gasteiger partial charge in [-0.2, -0.15) is 0 Å². The van der Waals surface area contributed by atoms with Gasteiger partial charge in [-0.1, -0.05) is 39.2 Å². The number of aromatic hydroxyl groups is 1. The minimum absolute atomic E-state index is 0.0647. The molecule has 0 aliphatic carbocycles. The topological polar surface area (TPSA) is 58.6 Å². The highest BCUT2D eigenvalue weighted by molar-refractivity contribution is 5.75. The number of ether oxygens (including phenoxy) is 1. The van der Waals surface area contributed by atoms with Crippen molar-refractivity contribution in [2.75, 3.05) is 7.11 Å². The number of amides is 1.